The summed E-state index contributed by atoms with van der Waals surface area (Å²) < 4.78 is 5.51. The Balaban J connectivity index is 1.65. The number of fused-ring (bicyclic) bond motifs is 1. The van der Waals surface area contributed by atoms with Gasteiger partial charge in [0, 0.05) is 26.2 Å². The second kappa shape index (κ2) is 6.16. The number of nitrogens with one attached hydrogen (secondary N) is 1. The largest absolute Gasteiger partial charge is 0.444 e. The molecule has 1 fully saturated rings. The van der Waals surface area contributed by atoms with Crippen LogP contribution in [-0.4, -0.2) is 36.2 Å². The van der Waals surface area contributed by atoms with Gasteiger partial charge in [-0.2, -0.15) is 0 Å². The van der Waals surface area contributed by atoms with Crippen molar-refractivity contribution in [1.82, 2.24) is 10.2 Å². The van der Waals surface area contributed by atoms with E-state index >= 15 is 0 Å². The maximum Gasteiger partial charge on any atom is 0.410 e. The summed E-state index contributed by atoms with van der Waals surface area (Å²) in [4.78, 5) is 14.1. The molecule has 126 valence electrons. The maximum atomic E-state index is 12.2. The Labute approximate surface area is 139 Å². The summed E-state index contributed by atoms with van der Waals surface area (Å²) in [5, 5.41) is 3.61. The lowest BCUT2D eigenvalue weighted by molar-refractivity contribution is 0.0102. The van der Waals surface area contributed by atoms with E-state index in [0.717, 1.165) is 45.4 Å². The first-order chi connectivity index (χ1) is 10.9. The number of amides is 1. The summed E-state index contributed by atoms with van der Waals surface area (Å²) in [6, 6.07) is 8.72. The zero-order valence-electron chi connectivity index (χ0n) is 14.5. The zero-order chi connectivity index (χ0) is 16.5. The summed E-state index contributed by atoms with van der Waals surface area (Å²) >= 11 is 0. The first-order valence-corrected chi connectivity index (χ1v) is 8.62. The molecule has 0 saturated carbocycles. The Kier molecular flexibility index (Phi) is 4.37. The van der Waals surface area contributed by atoms with Crippen molar-refractivity contribution in [2.45, 2.75) is 52.2 Å². The molecule has 0 unspecified atom stereocenters. The first kappa shape index (κ1) is 16.3. The topological polar surface area (TPSA) is 41.6 Å². The summed E-state index contributed by atoms with van der Waals surface area (Å²) in [5.41, 5.74) is 2.72. The molecule has 0 radical (unpaired) electrons. The monoisotopic (exact) mass is 316 g/mol. The highest BCUT2D eigenvalue weighted by Crippen LogP contribution is 2.37. The Morgan fingerprint density at radius 2 is 1.83 bits per heavy atom. The summed E-state index contributed by atoms with van der Waals surface area (Å²) in [5.74, 6) is 0. The number of carbonyl (C=O) groups excluding carboxylic acids is 1. The molecule has 3 rings (SSSR count). The minimum absolute atomic E-state index is 0.172. The van der Waals surface area contributed by atoms with Crippen molar-refractivity contribution < 1.29 is 9.53 Å². The van der Waals surface area contributed by atoms with Crippen molar-refractivity contribution >= 4 is 6.09 Å². The molecule has 1 amide bonds. The van der Waals surface area contributed by atoms with E-state index in [2.05, 4.69) is 29.6 Å². The van der Waals surface area contributed by atoms with Crippen LogP contribution in [0, 0.1) is 5.41 Å². The van der Waals surface area contributed by atoms with Crippen molar-refractivity contribution in [1.29, 1.82) is 0 Å². The number of piperidine rings is 1. The van der Waals surface area contributed by atoms with Gasteiger partial charge in [-0.15, -0.1) is 0 Å². The number of rotatable bonds is 0. The highest BCUT2D eigenvalue weighted by Gasteiger charge is 2.38. The Bertz CT molecular complexity index is 569. The minimum Gasteiger partial charge on any atom is -0.444 e. The van der Waals surface area contributed by atoms with E-state index in [1.54, 1.807) is 0 Å². The van der Waals surface area contributed by atoms with Crippen molar-refractivity contribution in [3.63, 3.8) is 0 Å². The lowest BCUT2D eigenvalue weighted by Crippen LogP contribution is -2.48. The summed E-state index contributed by atoms with van der Waals surface area (Å²) in [6.45, 7) is 9.32. The molecule has 1 saturated heterocycles. The molecule has 2 heterocycles. The van der Waals surface area contributed by atoms with Crippen LogP contribution in [0.4, 0.5) is 4.79 Å². The Hall–Kier alpha value is -1.55. The van der Waals surface area contributed by atoms with Gasteiger partial charge in [0.1, 0.15) is 5.60 Å². The molecular formula is C19H28N2O2. The van der Waals surface area contributed by atoms with Gasteiger partial charge in [0.25, 0.3) is 0 Å². The molecule has 0 atom stereocenters. The number of nitrogens with zero attached hydrogens (tertiary/aromatic N) is 1. The molecule has 1 N–H and O–H groups in total. The highest BCUT2D eigenvalue weighted by atomic mass is 16.6. The molecule has 1 aromatic rings. The Morgan fingerprint density at radius 3 is 2.48 bits per heavy atom. The van der Waals surface area contributed by atoms with Crippen LogP contribution >= 0.6 is 0 Å². The number of benzene rings is 1. The van der Waals surface area contributed by atoms with Crippen molar-refractivity contribution in [2.24, 2.45) is 5.41 Å². The van der Waals surface area contributed by atoms with Crippen molar-refractivity contribution in [3.05, 3.63) is 35.4 Å². The highest BCUT2D eigenvalue weighted by molar-refractivity contribution is 5.68. The van der Waals surface area contributed by atoms with E-state index in [9.17, 15) is 4.79 Å². The average molecular weight is 316 g/mol. The summed E-state index contributed by atoms with van der Waals surface area (Å²) in [6.07, 6.45) is 3.01. The van der Waals surface area contributed by atoms with Crippen LogP contribution in [0.3, 0.4) is 0 Å². The van der Waals surface area contributed by atoms with Crippen molar-refractivity contribution in [2.75, 3.05) is 19.6 Å². The number of hydrogen-bond acceptors (Lipinski definition) is 3. The maximum absolute atomic E-state index is 12.2. The quantitative estimate of drug-likeness (QED) is 0.798. The van der Waals surface area contributed by atoms with E-state index in [-0.39, 0.29) is 11.5 Å². The van der Waals surface area contributed by atoms with E-state index in [1.807, 2.05) is 25.7 Å². The van der Waals surface area contributed by atoms with Gasteiger partial charge in [0.2, 0.25) is 0 Å². The van der Waals surface area contributed by atoms with Gasteiger partial charge in [-0.25, -0.2) is 4.79 Å². The van der Waals surface area contributed by atoms with Crippen LogP contribution < -0.4 is 5.32 Å². The molecule has 2 aliphatic rings. The van der Waals surface area contributed by atoms with Crippen LogP contribution in [0.5, 0.6) is 0 Å². The molecule has 1 aromatic carbocycles. The third-order valence-electron chi connectivity index (χ3n) is 4.98. The standard InChI is InChI=1S/C19H28N2O2/c1-18(2,3)23-17(22)21-10-8-19(9-11-21)12-15-6-4-5-7-16(15)13-20-14-19/h4-7,20H,8-14H2,1-3H3. The van der Waals surface area contributed by atoms with Gasteiger partial charge in [-0.3, -0.25) is 0 Å². The van der Waals surface area contributed by atoms with E-state index in [4.69, 9.17) is 4.74 Å². The normalized spacial score (nSPS) is 20.7. The van der Waals surface area contributed by atoms with E-state index in [0.29, 0.717) is 0 Å². The minimum atomic E-state index is -0.422. The van der Waals surface area contributed by atoms with Gasteiger partial charge in [0.15, 0.2) is 0 Å². The van der Waals surface area contributed by atoms with Gasteiger partial charge < -0.3 is 15.0 Å². The molecule has 23 heavy (non-hydrogen) atoms. The van der Waals surface area contributed by atoms with Gasteiger partial charge >= 0.3 is 6.09 Å². The van der Waals surface area contributed by atoms with Gasteiger partial charge in [-0.05, 0) is 56.6 Å². The second-order valence-electron chi connectivity index (χ2n) is 8.02. The van der Waals surface area contributed by atoms with Crippen LogP contribution in [0.25, 0.3) is 0 Å². The molecule has 4 heteroatoms. The van der Waals surface area contributed by atoms with Crippen molar-refractivity contribution in [3.8, 4) is 0 Å². The lowest BCUT2D eigenvalue weighted by atomic mass is 9.74. The fourth-order valence-corrected chi connectivity index (χ4v) is 3.67. The second-order valence-corrected chi connectivity index (χ2v) is 8.02. The molecule has 4 nitrogen and oxygen atoms in total. The molecular weight excluding hydrogens is 288 g/mol. The predicted octanol–water partition coefficient (Wildman–Crippen LogP) is 3.35. The zero-order valence-corrected chi connectivity index (χ0v) is 14.5. The van der Waals surface area contributed by atoms with Gasteiger partial charge in [0.05, 0.1) is 0 Å². The first-order valence-electron chi connectivity index (χ1n) is 8.62. The third-order valence-corrected chi connectivity index (χ3v) is 4.98. The predicted molar refractivity (Wildman–Crippen MR) is 91.3 cm³/mol. The van der Waals surface area contributed by atoms with Crippen LogP contribution in [0.1, 0.15) is 44.7 Å². The number of ether oxygens (including phenoxy) is 1. The third kappa shape index (κ3) is 3.86. The molecule has 2 aliphatic heterocycles. The molecule has 1 spiro atoms. The van der Waals surface area contributed by atoms with E-state index < -0.39 is 5.60 Å². The SMILES string of the molecule is CC(C)(C)OC(=O)N1CCC2(CC1)CNCc1ccccc1C2. The summed E-state index contributed by atoms with van der Waals surface area (Å²) in [7, 11) is 0. The number of carbonyl (C=O) groups is 1. The number of likely N-dealkylation sites (tertiary alicyclic amines) is 1. The lowest BCUT2D eigenvalue weighted by Gasteiger charge is -2.41. The van der Waals surface area contributed by atoms with E-state index in [1.165, 1.54) is 11.1 Å². The smallest absolute Gasteiger partial charge is 0.410 e. The molecule has 0 bridgehead atoms. The van der Waals surface area contributed by atoms with Crippen LogP contribution in [0.15, 0.2) is 24.3 Å². The van der Waals surface area contributed by atoms with Crippen LogP contribution in [0.2, 0.25) is 0 Å². The van der Waals surface area contributed by atoms with Gasteiger partial charge in [-0.1, -0.05) is 24.3 Å². The fraction of sp³-hybridized carbons (Fsp3) is 0.632. The average Bonchev–Trinajstić information content (AvgIpc) is 2.65. The Morgan fingerprint density at radius 1 is 1.17 bits per heavy atom. The fourth-order valence-electron chi connectivity index (χ4n) is 3.67. The number of hydrogen-bond donors (Lipinski definition) is 1. The van der Waals surface area contributed by atoms with Crippen LogP contribution in [-0.2, 0) is 17.7 Å². The molecule has 0 aliphatic carbocycles. The molecule has 0 aromatic heterocycles.